The van der Waals surface area contributed by atoms with Crippen LogP contribution in [0.2, 0.25) is 5.02 Å². The topological polar surface area (TPSA) is 102 Å². The molecular weight excluding hydrogens is 553 g/mol. The molecule has 1 heterocycles. The fourth-order valence-electron chi connectivity index (χ4n) is 4.59. The number of halogens is 4. The summed E-state index contributed by atoms with van der Waals surface area (Å²) >= 11 is 6.17. The highest BCUT2D eigenvalue weighted by atomic mass is 35.5. The molecule has 0 amide bonds. The molecule has 2 unspecified atom stereocenters. The number of H-pyrrole nitrogens is 1. The number of aromatic amines is 1. The smallest absolute Gasteiger partial charge is 0.501 e. The lowest BCUT2D eigenvalue weighted by molar-refractivity contribution is -0.274. The van der Waals surface area contributed by atoms with E-state index in [-0.39, 0.29) is 24.2 Å². The van der Waals surface area contributed by atoms with E-state index in [0.29, 0.717) is 45.3 Å². The number of aliphatic hydroxyl groups excluding tert-OH is 1. The first-order chi connectivity index (χ1) is 19.0. The fourth-order valence-corrected chi connectivity index (χ4v) is 4.75. The maximum absolute atomic E-state index is 14.2. The zero-order chi connectivity index (χ0) is 29.0. The first kappa shape index (κ1) is 29.3. The number of Topliss-reactive ketones (excluding diaryl/α,β-unsaturated/α-hetero) is 1. The monoisotopic (exact) mass is 580 g/mol. The van der Waals surface area contributed by atoms with Gasteiger partial charge in [0.1, 0.15) is 23.3 Å². The van der Waals surface area contributed by atoms with Crippen LogP contribution in [0, 0.1) is 6.92 Å². The quantitative estimate of drug-likeness (QED) is 0.248. The zero-order valence-corrected chi connectivity index (χ0v) is 22.7. The number of carbonyl (C=O) groups is 1. The summed E-state index contributed by atoms with van der Waals surface area (Å²) in [5, 5.41) is 13.0. The number of ether oxygens (including phenoxy) is 4. The van der Waals surface area contributed by atoms with E-state index >= 15 is 0 Å². The maximum atomic E-state index is 14.2. The van der Waals surface area contributed by atoms with Crippen LogP contribution in [0.3, 0.4) is 0 Å². The molecule has 1 aliphatic rings. The number of aryl methyl sites for hydroxylation is 1. The molecule has 214 valence electrons. The van der Waals surface area contributed by atoms with Crippen molar-refractivity contribution in [3.63, 3.8) is 0 Å². The molecule has 0 bridgehead atoms. The van der Waals surface area contributed by atoms with E-state index in [1.807, 2.05) is 0 Å². The van der Waals surface area contributed by atoms with Gasteiger partial charge in [-0.25, -0.2) is 0 Å². The van der Waals surface area contributed by atoms with Crippen LogP contribution in [0.15, 0.2) is 60.1 Å². The molecule has 4 rings (SSSR count). The highest BCUT2D eigenvalue weighted by Crippen LogP contribution is 2.36. The van der Waals surface area contributed by atoms with E-state index in [1.54, 1.807) is 37.3 Å². The van der Waals surface area contributed by atoms with E-state index < -0.39 is 30.0 Å². The van der Waals surface area contributed by atoms with Gasteiger partial charge in [0.15, 0.2) is 5.78 Å². The number of nitrogens with one attached hydrogen (secondary N) is 2. The van der Waals surface area contributed by atoms with Gasteiger partial charge in [-0.05, 0) is 48.9 Å². The summed E-state index contributed by atoms with van der Waals surface area (Å²) in [6.07, 6.45) is 0.0254. The van der Waals surface area contributed by atoms with Crippen molar-refractivity contribution in [3.8, 4) is 11.5 Å². The minimum Gasteiger partial charge on any atom is -0.501 e. The first-order valence-corrected chi connectivity index (χ1v) is 12.6. The number of carbonyl (C=O) groups excluding carboxylic acids is 1. The summed E-state index contributed by atoms with van der Waals surface area (Å²) in [4.78, 5) is 17.2. The van der Waals surface area contributed by atoms with Gasteiger partial charge in [-0.15, -0.1) is 13.2 Å². The lowest BCUT2D eigenvalue weighted by atomic mass is 9.94. The first-order valence-electron chi connectivity index (χ1n) is 12.2. The van der Waals surface area contributed by atoms with Crippen LogP contribution in [-0.2, 0) is 9.47 Å². The van der Waals surface area contributed by atoms with Crippen LogP contribution in [0.1, 0.15) is 33.9 Å². The summed E-state index contributed by atoms with van der Waals surface area (Å²) < 4.78 is 59.7. The second-order valence-corrected chi connectivity index (χ2v) is 9.45. The summed E-state index contributed by atoms with van der Waals surface area (Å²) in [6, 6.07) is 6.17. The Kier molecular flexibility index (Phi) is 8.97. The molecule has 12 heteroatoms. The predicted octanol–water partition coefficient (Wildman–Crippen LogP) is 5.75. The molecule has 3 aromatic rings. The predicted molar refractivity (Wildman–Crippen MR) is 143 cm³/mol. The summed E-state index contributed by atoms with van der Waals surface area (Å²) in [6.45, 7) is 1.56. The van der Waals surface area contributed by atoms with Crippen molar-refractivity contribution in [2.75, 3.05) is 27.4 Å². The lowest BCUT2D eigenvalue weighted by Gasteiger charge is -2.26. The van der Waals surface area contributed by atoms with Crippen molar-refractivity contribution in [2.45, 2.75) is 31.9 Å². The molecule has 1 aromatic heterocycles. The molecule has 0 spiro atoms. The second-order valence-electron chi connectivity index (χ2n) is 9.01. The average Bonchev–Trinajstić information content (AvgIpc) is 3.33. The number of methoxy groups -OCH3 is 2. The number of benzene rings is 2. The minimum atomic E-state index is -4.89. The number of alkyl halides is 3. The Morgan fingerprint density at radius 3 is 2.67 bits per heavy atom. The van der Waals surface area contributed by atoms with Gasteiger partial charge in [0.2, 0.25) is 0 Å². The number of aromatic nitrogens is 1. The molecule has 3 N–H and O–H groups in total. The van der Waals surface area contributed by atoms with Crippen LogP contribution in [0.25, 0.3) is 10.9 Å². The molecule has 0 aliphatic heterocycles. The van der Waals surface area contributed by atoms with Gasteiger partial charge < -0.3 is 34.4 Å². The van der Waals surface area contributed by atoms with E-state index in [4.69, 9.17) is 25.8 Å². The molecule has 0 saturated carbocycles. The molecule has 2 aromatic carbocycles. The third kappa shape index (κ3) is 6.72. The SMILES string of the molecule is COC1=CC(NC(C(=O)c2c[nH]c3c(C)cc(OC(F)(F)F)cc23)c2ccc(Cl)cc2OC)=CC(OCCO)C1. The maximum Gasteiger partial charge on any atom is 0.573 e. The molecule has 8 nitrogen and oxygen atoms in total. The van der Waals surface area contributed by atoms with E-state index in [2.05, 4.69) is 15.0 Å². The number of ketones is 1. The molecule has 0 saturated heterocycles. The highest BCUT2D eigenvalue weighted by Gasteiger charge is 2.33. The Morgan fingerprint density at radius 1 is 1.23 bits per heavy atom. The molecule has 0 radical (unpaired) electrons. The van der Waals surface area contributed by atoms with Crippen LogP contribution >= 0.6 is 11.6 Å². The van der Waals surface area contributed by atoms with Crippen LogP contribution in [-0.4, -0.2) is 55.8 Å². The van der Waals surface area contributed by atoms with Gasteiger partial charge in [0, 0.05) is 45.4 Å². The van der Waals surface area contributed by atoms with E-state index in [0.717, 1.165) is 0 Å². The standard InChI is InChI=1S/C28H28ClF3N2O6/c1-15-8-20(40-28(30,31)32)13-22-23(14-33-25(15)22)27(36)26(21-5-4-16(29)9-24(21)38-3)34-17-10-18(37-2)12-19(11-17)39-7-6-35/h4-5,8-11,13-14,19,26,33-35H,6-7,12H2,1-3H3. The number of rotatable bonds is 11. The van der Waals surface area contributed by atoms with Crippen molar-refractivity contribution >= 4 is 28.3 Å². The minimum absolute atomic E-state index is 0.107. The van der Waals surface area contributed by atoms with Crippen molar-refractivity contribution in [1.29, 1.82) is 0 Å². The third-order valence-corrected chi connectivity index (χ3v) is 6.54. The summed E-state index contributed by atoms with van der Waals surface area (Å²) in [7, 11) is 2.95. The Morgan fingerprint density at radius 2 is 2.00 bits per heavy atom. The normalized spacial score (nSPS) is 16.2. The zero-order valence-electron chi connectivity index (χ0n) is 21.9. The van der Waals surface area contributed by atoms with Gasteiger partial charge in [-0.3, -0.25) is 4.79 Å². The molecule has 40 heavy (non-hydrogen) atoms. The molecular formula is C28H28ClF3N2O6. The van der Waals surface area contributed by atoms with Crippen molar-refractivity contribution < 1.29 is 42.0 Å². The van der Waals surface area contributed by atoms with Gasteiger partial charge in [0.05, 0.1) is 33.5 Å². The number of fused-ring (bicyclic) bond motifs is 1. The molecule has 0 fully saturated rings. The molecule has 1 aliphatic carbocycles. The van der Waals surface area contributed by atoms with Crippen LogP contribution in [0.4, 0.5) is 13.2 Å². The fraction of sp³-hybridized carbons (Fsp3) is 0.321. The Labute approximate surface area is 233 Å². The number of hydrogen-bond acceptors (Lipinski definition) is 7. The van der Waals surface area contributed by atoms with Gasteiger partial charge in [0.25, 0.3) is 0 Å². The second kappa shape index (κ2) is 12.2. The van der Waals surface area contributed by atoms with E-state index in [1.165, 1.54) is 32.5 Å². The number of aliphatic hydroxyl groups is 1. The largest absolute Gasteiger partial charge is 0.573 e. The molecule has 2 atom stereocenters. The lowest BCUT2D eigenvalue weighted by Crippen LogP contribution is -2.31. The number of hydrogen-bond donors (Lipinski definition) is 3. The van der Waals surface area contributed by atoms with Crippen molar-refractivity contribution in [3.05, 3.63) is 81.8 Å². The van der Waals surface area contributed by atoms with Gasteiger partial charge in [-0.1, -0.05) is 17.7 Å². The average molecular weight is 581 g/mol. The third-order valence-electron chi connectivity index (χ3n) is 6.31. The van der Waals surface area contributed by atoms with Gasteiger partial charge >= 0.3 is 6.36 Å². The van der Waals surface area contributed by atoms with Crippen LogP contribution in [0.5, 0.6) is 11.5 Å². The Balaban J connectivity index is 1.81. The van der Waals surface area contributed by atoms with Crippen molar-refractivity contribution in [2.24, 2.45) is 0 Å². The summed E-state index contributed by atoms with van der Waals surface area (Å²) in [5.41, 5.74) is 2.04. The van der Waals surface area contributed by atoms with Crippen LogP contribution < -0.4 is 14.8 Å². The van der Waals surface area contributed by atoms with Gasteiger partial charge in [-0.2, -0.15) is 0 Å². The Bertz CT molecular complexity index is 1450. The van der Waals surface area contributed by atoms with E-state index in [9.17, 15) is 23.1 Å². The number of allylic oxidation sites excluding steroid dienone is 1. The Hall–Kier alpha value is -3.67. The summed E-state index contributed by atoms with van der Waals surface area (Å²) in [5.74, 6) is 0.0168. The highest BCUT2D eigenvalue weighted by molar-refractivity contribution is 6.30. The van der Waals surface area contributed by atoms with Crippen molar-refractivity contribution in [1.82, 2.24) is 10.3 Å².